The SMILES string of the molecule is O=C1C(=Cc2ccco2)Oc2cc(OCc3cccc(Cl)c3)ccc21. The van der Waals surface area contributed by atoms with Crippen molar-refractivity contribution in [2.24, 2.45) is 0 Å². The minimum atomic E-state index is -0.173. The zero-order valence-electron chi connectivity index (χ0n) is 13.1. The Morgan fingerprint density at radius 2 is 2.00 bits per heavy atom. The average molecular weight is 353 g/mol. The fourth-order valence-corrected chi connectivity index (χ4v) is 2.77. The number of hydrogen-bond donors (Lipinski definition) is 0. The first-order chi connectivity index (χ1) is 12.2. The molecule has 0 bridgehead atoms. The highest BCUT2D eigenvalue weighted by atomic mass is 35.5. The maximum absolute atomic E-state index is 12.4. The maximum Gasteiger partial charge on any atom is 0.232 e. The monoisotopic (exact) mass is 352 g/mol. The van der Waals surface area contributed by atoms with Crippen LogP contribution in [0, 0.1) is 0 Å². The Balaban J connectivity index is 1.51. The Hall–Kier alpha value is -2.98. The minimum Gasteiger partial charge on any atom is -0.489 e. The van der Waals surface area contributed by atoms with E-state index < -0.39 is 0 Å². The molecule has 0 spiro atoms. The highest BCUT2D eigenvalue weighted by Gasteiger charge is 2.28. The Kier molecular flexibility index (Phi) is 4.04. The summed E-state index contributed by atoms with van der Waals surface area (Å²) in [7, 11) is 0. The van der Waals surface area contributed by atoms with Crippen LogP contribution in [0.4, 0.5) is 0 Å². The molecule has 1 aliphatic rings. The van der Waals surface area contributed by atoms with E-state index in [-0.39, 0.29) is 11.5 Å². The minimum absolute atomic E-state index is 0.173. The molecule has 2 heterocycles. The third-order valence-electron chi connectivity index (χ3n) is 3.75. The third kappa shape index (κ3) is 3.30. The first-order valence-electron chi connectivity index (χ1n) is 7.68. The van der Waals surface area contributed by atoms with Crippen LogP contribution in [-0.2, 0) is 6.61 Å². The summed E-state index contributed by atoms with van der Waals surface area (Å²) in [4.78, 5) is 12.4. The molecule has 124 valence electrons. The molecule has 0 aliphatic carbocycles. The van der Waals surface area contributed by atoms with Gasteiger partial charge in [0.2, 0.25) is 5.78 Å². The van der Waals surface area contributed by atoms with E-state index in [9.17, 15) is 4.79 Å². The van der Waals surface area contributed by atoms with Crippen molar-refractivity contribution in [3.8, 4) is 11.5 Å². The molecule has 3 aromatic rings. The van der Waals surface area contributed by atoms with Crippen molar-refractivity contribution in [3.63, 3.8) is 0 Å². The van der Waals surface area contributed by atoms with Crippen molar-refractivity contribution in [3.05, 3.63) is 88.5 Å². The molecule has 2 aromatic carbocycles. The van der Waals surface area contributed by atoms with Gasteiger partial charge in [-0.1, -0.05) is 23.7 Å². The van der Waals surface area contributed by atoms with E-state index in [0.29, 0.717) is 34.5 Å². The van der Waals surface area contributed by atoms with Crippen LogP contribution in [-0.4, -0.2) is 5.78 Å². The van der Waals surface area contributed by atoms with E-state index in [1.165, 1.54) is 0 Å². The Morgan fingerprint density at radius 1 is 1.08 bits per heavy atom. The Morgan fingerprint density at radius 3 is 2.80 bits per heavy atom. The van der Waals surface area contributed by atoms with Gasteiger partial charge in [0.25, 0.3) is 0 Å². The smallest absolute Gasteiger partial charge is 0.232 e. The molecule has 0 atom stereocenters. The van der Waals surface area contributed by atoms with Crippen LogP contribution < -0.4 is 9.47 Å². The number of benzene rings is 2. The first kappa shape index (κ1) is 15.5. The standard InChI is InChI=1S/C20H13ClO4/c21-14-4-1-3-13(9-14)12-24-16-6-7-17-18(10-16)25-19(20(17)22)11-15-5-2-8-23-15/h1-11H,12H2. The quantitative estimate of drug-likeness (QED) is 0.611. The van der Waals surface area contributed by atoms with Crippen molar-refractivity contribution in [2.45, 2.75) is 6.61 Å². The summed E-state index contributed by atoms with van der Waals surface area (Å²) in [5.74, 6) is 1.72. The second-order valence-electron chi connectivity index (χ2n) is 5.53. The van der Waals surface area contributed by atoms with Gasteiger partial charge >= 0.3 is 0 Å². The summed E-state index contributed by atoms with van der Waals surface area (Å²) in [5.41, 5.74) is 1.47. The van der Waals surface area contributed by atoms with Crippen LogP contribution in [0.3, 0.4) is 0 Å². The predicted molar refractivity (Wildman–Crippen MR) is 93.9 cm³/mol. The number of ether oxygens (including phenoxy) is 2. The molecule has 5 heteroatoms. The fraction of sp³-hybridized carbons (Fsp3) is 0.0500. The van der Waals surface area contributed by atoms with E-state index >= 15 is 0 Å². The number of carbonyl (C=O) groups is 1. The normalized spacial score (nSPS) is 14.4. The van der Waals surface area contributed by atoms with Gasteiger partial charge in [-0.15, -0.1) is 0 Å². The van der Waals surface area contributed by atoms with E-state index in [1.807, 2.05) is 24.3 Å². The summed E-state index contributed by atoms with van der Waals surface area (Å²) in [6, 6.07) is 16.1. The van der Waals surface area contributed by atoms with Crippen LogP contribution >= 0.6 is 11.6 Å². The molecule has 1 aromatic heterocycles. The van der Waals surface area contributed by atoms with Gasteiger partial charge in [0, 0.05) is 17.2 Å². The van der Waals surface area contributed by atoms with Crippen molar-refractivity contribution < 1.29 is 18.7 Å². The van der Waals surface area contributed by atoms with Gasteiger partial charge in [0.1, 0.15) is 23.9 Å². The molecule has 4 rings (SSSR count). The Labute approximate surface area is 149 Å². The van der Waals surface area contributed by atoms with Gasteiger partial charge in [-0.25, -0.2) is 0 Å². The van der Waals surface area contributed by atoms with Crippen molar-refractivity contribution >= 4 is 23.5 Å². The second kappa shape index (κ2) is 6.49. The molecule has 0 N–H and O–H groups in total. The maximum atomic E-state index is 12.4. The van der Waals surface area contributed by atoms with E-state index in [4.69, 9.17) is 25.5 Å². The lowest BCUT2D eigenvalue weighted by Gasteiger charge is -2.07. The number of halogens is 1. The van der Waals surface area contributed by atoms with E-state index in [2.05, 4.69) is 0 Å². The summed E-state index contributed by atoms with van der Waals surface area (Å²) in [5, 5.41) is 0.664. The van der Waals surface area contributed by atoms with Gasteiger partial charge in [0.05, 0.1) is 11.8 Å². The zero-order valence-corrected chi connectivity index (χ0v) is 13.8. The number of Topliss-reactive ketones (excluding diaryl/α,β-unsaturated/α-hetero) is 1. The van der Waals surface area contributed by atoms with Crippen LogP contribution in [0.2, 0.25) is 5.02 Å². The summed E-state index contributed by atoms with van der Waals surface area (Å²) < 4.78 is 16.6. The van der Waals surface area contributed by atoms with Crippen LogP contribution in [0.1, 0.15) is 21.7 Å². The number of allylic oxidation sites excluding steroid dienone is 1. The molecule has 25 heavy (non-hydrogen) atoms. The van der Waals surface area contributed by atoms with Crippen molar-refractivity contribution in [2.75, 3.05) is 0 Å². The molecule has 0 saturated heterocycles. The largest absolute Gasteiger partial charge is 0.489 e. The molecule has 1 aliphatic heterocycles. The van der Waals surface area contributed by atoms with Gasteiger partial charge in [0.15, 0.2) is 5.76 Å². The molecule has 4 nitrogen and oxygen atoms in total. The van der Waals surface area contributed by atoms with Crippen LogP contribution in [0.5, 0.6) is 11.5 Å². The van der Waals surface area contributed by atoms with Gasteiger partial charge in [-0.2, -0.15) is 0 Å². The number of ketones is 1. The number of carbonyl (C=O) groups excluding carboxylic acids is 1. The lowest BCUT2D eigenvalue weighted by atomic mass is 10.1. The molecule has 0 unspecified atom stereocenters. The average Bonchev–Trinajstić information content (AvgIpc) is 3.22. The zero-order chi connectivity index (χ0) is 17.2. The first-order valence-corrected chi connectivity index (χ1v) is 8.06. The summed E-state index contributed by atoms with van der Waals surface area (Å²) in [6.07, 6.45) is 3.12. The van der Waals surface area contributed by atoms with Gasteiger partial charge in [-0.3, -0.25) is 4.79 Å². The molecule has 0 saturated carbocycles. The molecular weight excluding hydrogens is 340 g/mol. The summed E-state index contributed by atoms with van der Waals surface area (Å²) >= 11 is 5.97. The van der Waals surface area contributed by atoms with Crippen molar-refractivity contribution in [1.82, 2.24) is 0 Å². The number of hydrogen-bond acceptors (Lipinski definition) is 4. The lowest BCUT2D eigenvalue weighted by molar-refractivity contribution is 0.101. The molecule has 0 radical (unpaired) electrons. The Bertz CT molecular complexity index is 958. The highest BCUT2D eigenvalue weighted by Crippen LogP contribution is 2.35. The predicted octanol–water partition coefficient (Wildman–Crippen LogP) is 5.13. The van der Waals surface area contributed by atoms with Gasteiger partial charge < -0.3 is 13.9 Å². The fourth-order valence-electron chi connectivity index (χ4n) is 2.55. The number of fused-ring (bicyclic) bond motifs is 1. The molecular formula is C20H13ClO4. The number of rotatable bonds is 4. The topological polar surface area (TPSA) is 48.7 Å². The summed E-state index contributed by atoms with van der Waals surface area (Å²) in [6.45, 7) is 0.377. The number of furan rings is 1. The second-order valence-corrected chi connectivity index (χ2v) is 5.97. The molecule has 0 amide bonds. The van der Waals surface area contributed by atoms with Gasteiger partial charge in [-0.05, 0) is 42.0 Å². The van der Waals surface area contributed by atoms with Crippen molar-refractivity contribution in [1.29, 1.82) is 0 Å². The van der Waals surface area contributed by atoms with E-state index in [0.717, 1.165) is 5.56 Å². The van der Waals surface area contributed by atoms with Crippen LogP contribution in [0.15, 0.2) is 71.0 Å². The third-order valence-corrected chi connectivity index (χ3v) is 3.99. The molecule has 0 fully saturated rings. The highest BCUT2D eigenvalue weighted by molar-refractivity contribution is 6.30. The van der Waals surface area contributed by atoms with Crippen LogP contribution in [0.25, 0.3) is 6.08 Å². The van der Waals surface area contributed by atoms with E-state index in [1.54, 1.807) is 42.7 Å². The lowest BCUT2D eigenvalue weighted by Crippen LogP contribution is -1.97.